The fraction of sp³-hybridized carbons (Fsp3) is 0.429. The molecule has 0 aliphatic heterocycles. The van der Waals surface area contributed by atoms with Crippen LogP contribution in [0.1, 0.15) is 87.5 Å². The van der Waals surface area contributed by atoms with Crippen molar-refractivity contribution in [3.63, 3.8) is 0 Å². The first-order valence-corrected chi connectivity index (χ1v) is 12.2. The van der Waals surface area contributed by atoms with E-state index in [9.17, 15) is 0 Å². The average molecular weight is 407 g/mol. The summed E-state index contributed by atoms with van der Waals surface area (Å²) in [6.45, 7) is 13.1. The highest BCUT2D eigenvalue weighted by molar-refractivity contribution is 8.16. The van der Waals surface area contributed by atoms with Crippen molar-refractivity contribution in [2.24, 2.45) is 0 Å². The molecule has 0 bridgehead atoms. The molecule has 0 N–H and O–H groups in total. The lowest BCUT2D eigenvalue weighted by molar-refractivity contribution is 0.667. The molecular weight excluding hydrogens is 368 g/mol. The summed E-state index contributed by atoms with van der Waals surface area (Å²) in [5, 5.41) is 0. The monoisotopic (exact) mass is 406 g/mol. The minimum atomic E-state index is 1.07. The zero-order chi connectivity index (χ0) is 20.9. The van der Waals surface area contributed by atoms with Crippen LogP contribution in [0.15, 0.2) is 61.7 Å². The van der Waals surface area contributed by atoms with E-state index in [1.807, 2.05) is 0 Å². The second-order valence-electron chi connectivity index (χ2n) is 7.96. The van der Waals surface area contributed by atoms with Gasteiger partial charge in [-0.3, -0.25) is 0 Å². The molecule has 0 nitrogen and oxygen atoms in total. The van der Waals surface area contributed by atoms with Crippen LogP contribution in [-0.2, 0) is 12.8 Å². The maximum atomic E-state index is 4.28. The molecule has 0 unspecified atom stereocenters. The lowest BCUT2D eigenvalue weighted by Crippen LogP contribution is -1.88. The number of hydrogen-bond donors (Lipinski definition) is 0. The van der Waals surface area contributed by atoms with Crippen molar-refractivity contribution in [2.75, 3.05) is 0 Å². The highest BCUT2D eigenvalue weighted by Crippen LogP contribution is 2.37. The number of thioether (sulfide) groups is 1. The molecule has 2 aromatic carbocycles. The van der Waals surface area contributed by atoms with Crippen molar-refractivity contribution < 1.29 is 0 Å². The van der Waals surface area contributed by atoms with Crippen LogP contribution >= 0.6 is 11.8 Å². The molecule has 29 heavy (non-hydrogen) atoms. The molecule has 0 saturated carbocycles. The van der Waals surface area contributed by atoms with Crippen LogP contribution in [0.4, 0.5) is 0 Å². The van der Waals surface area contributed by atoms with E-state index in [1.54, 1.807) is 11.8 Å². The highest BCUT2D eigenvalue weighted by Gasteiger charge is 2.06. The largest absolute Gasteiger partial charge is 0.0901 e. The number of benzene rings is 2. The Morgan fingerprint density at radius 3 is 1.31 bits per heavy atom. The van der Waals surface area contributed by atoms with Gasteiger partial charge >= 0.3 is 0 Å². The minimum Gasteiger partial charge on any atom is -0.0901 e. The zero-order valence-corrected chi connectivity index (χ0v) is 19.3. The van der Waals surface area contributed by atoms with Gasteiger partial charge in [0.05, 0.1) is 0 Å². The molecule has 1 heteroatoms. The highest BCUT2D eigenvalue weighted by atomic mass is 32.2. The molecule has 0 aromatic heterocycles. The van der Waals surface area contributed by atoms with Gasteiger partial charge in [0.2, 0.25) is 0 Å². The van der Waals surface area contributed by atoms with E-state index in [0.717, 1.165) is 9.81 Å². The fourth-order valence-corrected chi connectivity index (χ4v) is 4.30. The van der Waals surface area contributed by atoms with Gasteiger partial charge in [0.25, 0.3) is 0 Å². The molecule has 2 rings (SSSR count). The molecule has 0 radical (unpaired) electrons. The van der Waals surface area contributed by atoms with Crippen LogP contribution in [0.25, 0.3) is 9.81 Å². The van der Waals surface area contributed by atoms with E-state index in [-0.39, 0.29) is 0 Å². The van der Waals surface area contributed by atoms with Crippen LogP contribution < -0.4 is 0 Å². The van der Waals surface area contributed by atoms with E-state index >= 15 is 0 Å². The standard InChI is InChI=1S/C28H38S/c1-5-7-9-11-13-25-15-19-27(20-16-25)23(3)29-24(4)28-21-17-26(18-22-28)14-12-10-8-6-2/h15-22H,3-14H2,1-2H3. The smallest absolute Gasteiger partial charge is 0.0122 e. The summed E-state index contributed by atoms with van der Waals surface area (Å²) < 4.78 is 0. The molecule has 0 spiro atoms. The lowest BCUT2D eigenvalue weighted by Gasteiger charge is -2.10. The van der Waals surface area contributed by atoms with Crippen LogP contribution in [0.2, 0.25) is 0 Å². The van der Waals surface area contributed by atoms with Gasteiger partial charge in [-0.25, -0.2) is 0 Å². The van der Waals surface area contributed by atoms with E-state index in [4.69, 9.17) is 0 Å². The van der Waals surface area contributed by atoms with Crippen molar-refractivity contribution in [1.29, 1.82) is 0 Å². The summed E-state index contributed by atoms with van der Waals surface area (Å²) in [6.07, 6.45) is 12.9. The van der Waals surface area contributed by atoms with Gasteiger partial charge in [-0.2, -0.15) is 0 Å². The molecule has 2 aromatic rings. The Balaban J connectivity index is 1.82. The molecule has 156 valence electrons. The maximum absolute atomic E-state index is 4.28. The molecule has 0 heterocycles. The zero-order valence-electron chi connectivity index (χ0n) is 18.5. The second kappa shape index (κ2) is 13.5. The maximum Gasteiger partial charge on any atom is 0.0122 e. The van der Waals surface area contributed by atoms with Gasteiger partial charge in [0.1, 0.15) is 0 Å². The molecule has 0 aliphatic rings. The minimum absolute atomic E-state index is 1.07. The summed E-state index contributed by atoms with van der Waals surface area (Å²) in [4.78, 5) is 2.13. The molecule has 0 saturated heterocycles. The van der Waals surface area contributed by atoms with E-state index in [1.165, 1.54) is 86.5 Å². The fourth-order valence-electron chi connectivity index (χ4n) is 3.49. The Hall–Kier alpha value is -1.73. The molecule has 0 amide bonds. The predicted molar refractivity (Wildman–Crippen MR) is 134 cm³/mol. The summed E-state index contributed by atoms with van der Waals surface area (Å²) in [6, 6.07) is 17.8. The van der Waals surface area contributed by atoms with Crippen molar-refractivity contribution >= 4 is 21.6 Å². The first-order valence-electron chi connectivity index (χ1n) is 11.4. The topological polar surface area (TPSA) is 0 Å². The van der Waals surface area contributed by atoms with E-state index < -0.39 is 0 Å². The second-order valence-corrected chi connectivity index (χ2v) is 9.15. The van der Waals surface area contributed by atoms with Crippen LogP contribution in [0.5, 0.6) is 0 Å². The van der Waals surface area contributed by atoms with Gasteiger partial charge in [-0.1, -0.05) is 126 Å². The SMILES string of the molecule is C=C(SC(=C)c1ccc(CCCCCC)cc1)c1ccc(CCCCCC)cc1. The van der Waals surface area contributed by atoms with Gasteiger partial charge < -0.3 is 0 Å². The van der Waals surface area contributed by atoms with Crippen LogP contribution in [-0.4, -0.2) is 0 Å². The quantitative estimate of drug-likeness (QED) is 0.282. The van der Waals surface area contributed by atoms with Gasteiger partial charge in [-0.05, 0) is 47.9 Å². The van der Waals surface area contributed by atoms with Crippen molar-refractivity contribution in [1.82, 2.24) is 0 Å². The van der Waals surface area contributed by atoms with E-state index in [2.05, 4.69) is 75.5 Å². The Kier molecular flexibility index (Phi) is 11.0. The summed E-state index contributed by atoms with van der Waals surface area (Å²) >= 11 is 1.68. The number of hydrogen-bond acceptors (Lipinski definition) is 1. The summed E-state index contributed by atoms with van der Waals surface area (Å²) in [7, 11) is 0. The van der Waals surface area contributed by atoms with Crippen LogP contribution in [0, 0.1) is 0 Å². The number of unbranched alkanes of at least 4 members (excludes halogenated alkanes) is 6. The van der Waals surface area contributed by atoms with Crippen molar-refractivity contribution in [2.45, 2.75) is 78.1 Å². The van der Waals surface area contributed by atoms with Crippen molar-refractivity contribution in [3.05, 3.63) is 83.9 Å². The molecular formula is C28H38S. The third kappa shape index (κ3) is 8.66. The first kappa shape index (κ1) is 23.5. The van der Waals surface area contributed by atoms with Gasteiger partial charge in [0, 0.05) is 9.81 Å². The number of rotatable bonds is 14. The van der Waals surface area contributed by atoms with Crippen LogP contribution in [0.3, 0.4) is 0 Å². The van der Waals surface area contributed by atoms with E-state index in [0.29, 0.717) is 0 Å². The van der Waals surface area contributed by atoms with Gasteiger partial charge in [0.15, 0.2) is 0 Å². The third-order valence-corrected chi connectivity index (χ3v) is 6.40. The van der Waals surface area contributed by atoms with Crippen molar-refractivity contribution in [3.8, 4) is 0 Å². The van der Waals surface area contributed by atoms with Gasteiger partial charge in [-0.15, -0.1) is 0 Å². The predicted octanol–water partition coefficient (Wildman–Crippen LogP) is 9.31. The molecule has 0 aliphatic carbocycles. The molecule has 0 fully saturated rings. The summed E-state index contributed by atoms with van der Waals surface area (Å²) in [5.74, 6) is 0. The Bertz CT molecular complexity index is 671. The summed E-state index contributed by atoms with van der Waals surface area (Å²) in [5.41, 5.74) is 5.24. The lowest BCUT2D eigenvalue weighted by atomic mass is 10.0. The third-order valence-electron chi connectivity index (χ3n) is 5.44. The normalized spacial score (nSPS) is 10.8. The Morgan fingerprint density at radius 2 is 0.966 bits per heavy atom. The average Bonchev–Trinajstić information content (AvgIpc) is 2.75. The number of aryl methyl sites for hydroxylation is 2. The molecule has 0 atom stereocenters. The Labute approximate surface area is 183 Å². The Morgan fingerprint density at radius 1 is 0.586 bits per heavy atom. The first-order chi connectivity index (χ1) is 14.1.